The zero-order valence-corrected chi connectivity index (χ0v) is 15.7. The smallest absolute Gasteiger partial charge is 0.249 e. The summed E-state index contributed by atoms with van der Waals surface area (Å²) in [4.78, 5) is 25.2. The maximum Gasteiger partial charge on any atom is 0.249 e. The number of ether oxygens (including phenoxy) is 1. The molecular weight excluding hydrogens is 380 g/mol. The Kier molecular flexibility index (Phi) is 4.75. The van der Waals surface area contributed by atoms with Crippen LogP contribution in [0.15, 0.2) is 54.7 Å². The number of carbonyl (C=O) groups is 2. The fourth-order valence-electron chi connectivity index (χ4n) is 3.14. The highest BCUT2D eigenvalue weighted by atomic mass is 35.5. The lowest BCUT2D eigenvalue weighted by Crippen LogP contribution is -2.35. The molecule has 0 aliphatic carbocycles. The molecule has 0 radical (unpaired) electrons. The molecule has 7 nitrogen and oxygen atoms in total. The number of rotatable bonds is 4. The van der Waals surface area contributed by atoms with E-state index in [0.29, 0.717) is 22.3 Å². The number of methoxy groups -OCH3 is 1. The van der Waals surface area contributed by atoms with E-state index >= 15 is 0 Å². The van der Waals surface area contributed by atoms with E-state index in [1.807, 2.05) is 30.3 Å². The quantitative estimate of drug-likeness (QED) is 0.703. The van der Waals surface area contributed by atoms with Gasteiger partial charge >= 0.3 is 0 Å². The minimum atomic E-state index is -0.788. The van der Waals surface area contributed by atoms with Crippen molar-refractivity contribution >= 4 is 34.9 Å². The number of anilines is 2. The number of benzene rings is 2. The summed E-state index contributed by atoms with van der Waals surface area (Å²) in [7, 11) is 1.53. The van der Waals surface area contributed by atoms with Crippen LogP contribution in [0.1, 0.15) is 12.5 Å². The summed E-state index contributed by atoms with van der Waals surface area (Å²) in [5.41, 5.74) is 2.07. The minimum Gasteiger partial charge on any atom is -0.497 e. The lowest BCUT2D eigenvalue weighted by molar-refractivity contribution is -0.125. The van der Waals surface area contributed by atoms with Crippen molar-refractivity contribution in [1.82, 2.24) is 9.78 Å². The fourth-order valence-corrected chi connectivity index (χ4v) is 3.31. The third kappa shape index (κ3) is 3.32. The first-order chi connectivity index (χ1) is 13.6. The molecule has 142 valence electrons. The van der Waals surface area contributed by atoms with Gasteiger partial charge in [0, 0.05) is 11.6 Å². The van der Waals surface area contributed by atoms with Gasteiger partial charge in [0.15, 0.2) is 0 Å². The Hall–Kier alpha value is -3.32. The maximum absolute atomic E-state index is 12.9. The number of nitrogens with zero attached hydrogens (tertiary/aromatic N) is 2. The van der Waals surface area contributed by atoms with Gasteiger partial charge in [-0.2, -0.15) is 5.10 Å². The second-order valence-electron chi connectivity index (χ2n) is 6.32. The Morgan fingerprint density at radius 3 is 2.82 bits per heavy atom. The molecule has 3 aromatic rings. The number of amides is 2. The molecule has 0 saturated heterocycles. The molecule has 2 amide bonds. The highest BCUT2D eigenvalue weighted by molar-refractivity contribution is 6.33. The molecule has 2 heterocycles. The number of nitrogens with one attached hydrogen (secondary N) is 2. The summed E-state index contributed by atoms with van der Waals surface area (Å²) in [5.74, 6) is 0.433. The molecule has 1 atom stereocenters. The summed E-state index contributed by atoms with van der Waals surface area (Å²) < 4.78 is 6.71. The van der Waals surface area contributed by atoms with Crippen LogP contribution in [-0.4, -0.2) is 28.7 Å². The first-order valence-electron chi connectivity index (χ1n) is 8.64. The van der Waals surface area contributed by atoms with Gasteiger partial charge < -0.3 is 15.4 Å². The molecule has 0 saturated carbocycles. The molecule has 1 aliphatic heterocycles. The van der Waals surface area contributed by atoms with E-state index in [4.69, 9.17) is 16.3 Å². The van der Waals surface area contributed by atoms with Gasteiger partial charge in [-0.25, -0.2) is 4.68 Å². The summed E-state index contributed by atoms with van der Waals surface area (Å²) in [6, 6.07) is 13.7. The van der Waals surface area contributed by atoms with Gasteiger partial charge in [0.25, 0.3) is 0 Å². The SMILES string of the molecule is COc1ccc(Cl)c(NC(=O)[C@@H]2CC(=O)Nc3c(-c4ccccc4)cnn32)c1. The van der Waals surface area contributed by atoms with Gasteiger partial charge in [-0.3, -0.25) is 9.59 Å². The standard InChI is InChI=1S/C20H17ClN4O3/c1-28-13-7-8-15(21)16(9-13)23-20(27)17-10-18(26)24-19-14(11-22-25(17)19)12-5-3-2-4-6-12/h2-9,11,17H,10H2,1H3,(H,23,27)(H,24,26)/t17-/m0/s1. The van der Waals surface area contributed by atoms with Crippen molar-refractivity contribution in [1.29, 1.82) is 0 Å². The van der Waals surface area contributed by atoms with Crippen LogP contribution in [0.5, 0.6) is 5.75 Å². The molecule has 0 fully saturated rings. The van der Waals surface area contributed by atoms with Crippen molar-refractivity contribution in [2.75, 3.05) is 17.7 Å². The maximum atomic E-state index is 12.9. The Labute approximate surface area is 166 Å². The van der Waals surface area contributed by atoms with Crippen molar-refractivity contribution < 1.29 is 14.3 Å². The van der Waals surface area contributed by atoms with Gasteiger partial charge in [-0.05, 0) is 17.7 Å². The second-order valence-corrected chi connectivity index (χ2v) is 6.73. The van der Waals surface area contributed by atoms with E-state index in [0.717, 1.165) is 11.1 Å². The van der Waals surface area contributed by atoms with Crippen molar-refractivity contribution in [2.45, 2.75) is 12.5 Å². The van der Waals surface area contributed by atoms with Crippen molar-refractivity contribution in [3.63, 3.8) is 0 Å². The fraction of sp³-hybridized carbons (Fsp3) is 0.150. The third-order valence-corrected chi connectivity index (χ3v) is 4.88. The van der Waals surface area contributed by atoms with Crippen molar-refractivity contribution in [3.8, 4) is 16.9 Å². The lowest BCUT2D eigenvalue weighted by Gasteiger charge is -2.24. The number of hydrogen-bond acceptors (Lipinski definition) is 4. The molecule has 2 N–H and O–H groups in total. The number of hydrogen-bond donors (Lipinski definition) is 2. The summed E-state index contributed by atoms with van der Waals surface area (Å²) >= 11 is 6.18. The van der Waals surface area contributed by atoms with E-state index in [1.54, 1.807) is 24.4 Å². The van der Waals surface area contributed by atoms with Crippen molar-refractivity contribution in [2.24, 2.45) is 0 Å². The molecule has 0 unspecified atom stereocenters. The monoisotopic (exact) mass is 396 g/mol. The van der Waals surface area contributed by atoms with Gasteiger partial charge in [-0.15, -0.1) is 0 Å². The highest BCUT2D eigenvalue weighted by Gasteiger charge is 2.33. The average molecular weight is 397 g/mol. The number of carbonyl (C=O) groups excluding carboxylic acids is 2. The van der Waals surface area contributed by atoms with Crippen LogP contribution in [-0.2, 0) is 9.59 Å². The topological polar surface area (TPSA) is 85.2 Å². The van der Waals surface area contributed by atoms with Gasteiger partial charge in [0.1, 0.15) is 17.6 Å². The highest BCUT2D eigenvalue weighted by Crippen LogP contribution is 2.35. The molecule has 0 spiro atoms. The third-order valence-electron chi connectivity index (χ3n) is 4.55. The molecular formula is C20H17ClN4O3. The number of halogens is 1. The summed E-state index contributed by atoms with van der Waals surface area (Å²) in [6.45, 7) is 0. The molecule has 1 aromatic heterocycles. The van der Waals surface area contributed by atoms with E-state index in [1.165, 1.54) is 11.8 Å². The first-order valence-corrected chi connectivity index (χ1v) is 9.02. The van der Waals surface area contributed by atoms with E-state index in [9.17, 15) is 9.59 Å². The number of fused-ring (bicyclic) bond motifs is 1. The Bertz CT molecular complexity index is 1050. The number of aromatic nitrogens is 2. The average Bonchev–Trinajstić information content (AvgIpc) is 3.13. The predicted molar refractivity (Wildman–Crippen MR) is 107 cm³/mol. The molecule has 1 aliphatic rings. The Balaban J connectivity index is 1.66. The molecule has 28 heavy (non-hydrogen) atoms. The zero-order valence-electron chi connectivity index (χ0n) is 15.0. The van der Waals surface area contributed by atoms with E-state index < -0.39 is 6.04 Å². The minimum absolute atomic E-state index is 0.0175. The lowest BCUT2D eigenvalue weighted by atomic mass is 10.1. The van der Waals surface area contributed by atoms with Gasteiger partial charge in [0.05, 0.1) is 30.4 Å². The summed E-state index contributed by atoms with van der Waals surface area (Å²) in [5, 5.41) is 10.3. The second kappa shape index (κ2) is 7.36. The van der Waals surface area contributed by atoms with Crippen LogP contribution >= 0.6 is 11.6 Å². The van der Waals surface area contributed by atoms with Crippen LogP contribution in [0, 0.1) is 0 Å². The van der Waals surface area contributed by atoms with Gasteiger partial charge in [0.2, 0.25) is 11.8 Å². The Morgan fingerprint density at radius 1 is 1.29 bits per heavy atom. The zero-order chi connectivity index (χ0) is 19.7. The van der Waals surface area contributed by atoms with Crippen LogP contribution in [0.3, 0.4) is 0 Å². The predicted octanol–water partition coefficient (Wildman–Crippen LogP) is 3.73. The normalized spacial score (nSPS) is 15.5. The summed E-state index contributed by atoms with van der Waals surface area (Å²) in [6.07, 6.45) is 1.63. The van der Waals surface area contributed by atoms with Crippen molar-refractivity contribution in [3.05, 3.63) is 59.8 Å². The molecule has 8 heteroatoms. The van der Waals surface area contributed by atoms with Crippen LogP contribution in [0.4, 0.5) is 11.5 Å². The Morgan fingerprint density at radius 2 is 2.07 bits per heavy atom. The van der Waals surface area contributed by atoms with Gasteiger partial charge in [-0.1, -0.05) is 41.9 Å². The van der Waals surface area contributed by atoms with E-state index in [2.05, 4.69) is 15.7 Å². The molecule has 4 rings (SSSR count). The van der Waals surface area contributed by atoms with E-state index in [-0.39, 0.29) is 18.2 Å². The first kappa shape index (κ1) is 18.1. The molecule has 0 bridgehead atoms. The largest absolute Gasteiger partial charge is 0.497 e. The molecule has 2 aromatic carbocycles. The van der Waals surface area contributed by atoms with Crippen LogP contribution < -0.4 is 15.4 Å². The van der Waals surface area contributed by atoms with Crippen LogP contribution in [0.2, 0.25) is 5.02 Å². The van der Waals surface area contributed by atoms with Crippen LogP contribution in [0.25, 0.3) is 11.1 Å².